The standard InChI is InChI=1S/C23H23N5O3S2/c29-21(25-22(30)24-15-18-8-4-12-31-18)16-33-23-27-26-20(14-19-9-5-13-32-19)28(23)11-10-17-6-2-1-3-7-17/h1-9,12-13H,10-11,14-16H2,(H2,24,25,29,30). The van der Waals surface area contributed by atoms with E-state index in [1.54, 1.807) is 23.5 Å². The number of hydrogen-bond acceptors (Lipinski definition) is 7. The third-order valence-corrected chi connectivity index (χ3v) is 6.60. The third kappa shape index (κ3) is 6.80. The van der Waals surface area contributed by atoms with Crippen LogP contribution in [0.4, 0.5) is 4.79 Å². The summed E-state index contributed by atoms with van der Waals surface area (Å²) in [6, 6.07) is 17.2. The first-order valence-electron chi connectivity index (χ1n) is 10.4. The summed E-state index contributed by atoms with van der Waals surface area (Å²) in [7, 11) is 0. The molecular formula is C23H23N5O3S2. The smallest absolute Gasteiger partial charge is 0.321 e. The third-order valence-electron chi connectivity index (χ3n) is 4.76. The quantitative estimate of drug-likeness (QED) is 0.333. The molecular weight excluding hydrogens is 458 g/mol. The largest absolute Gasteiger partial charge is 0.467 e. The first-order chi connectivity index (χ1) is 16.2. The highest BCUT2D eigenvalue weighted by Crippen LogP contribution is 2.21. The Balaban J connectivity index is 1.35. The monoisotopic (exact) mass is 481 g/mol. The van der Waals surface area contributed by atoms with Gasteiger partial charge in [-0.3, -0.25) is 10.1 Å². The van der Waals surface area contributed by atoms with E-state index in [0.29, 0.717) is 23.9 Å². The van der Waals surface area contributed by atoms with Crippen molar-refractivity contribution < 1.29 is 14.0 Å². The Bertz CT molecular complexity index is 1160. The van der Waals surface area contributed by atoms with Crippen LogP contribution in [0.3, 0.4) is 0 Å². The van der Waals surface area contributed by atoms with Gasteiger partial charge in [-0.2, -0.15) is 0 Å². The summed E-state index contributed by atoms with van der Waals surface area (Å²) < 4.78 is 7.21. The Morgan fingerprint density at radius 2 is 1.94 bits per heavy atom. The summed E-state index contributed by atoms with van der Waals surface area (Å²) in [6.45, 7) is 0.907. The zero-order chi connectivity index (χ0) is 22.9. The van der Waals surface area contributed by atoms with Gasteiger partial charge in [-0.15, -0.1) is 21.5 Å². The number of thioether (sulfide) groups is 1. The maximum Gasteiger partial charge on any atom is 0.321 e. The average molecular weight is 482 g/mol. The number of aromatic nitrogens is 3. The SMILES string of the molecule is O=C(CSc1nnc(Cc2cccs2)n1CCc1ccccc1)NC(=O)NCc1ccco1. The minimum absolute atomic E-state index is 0.0522. The van der Waals surface area contributed by atoms with Crippen LogP contribution in [-0.4, -0.2) is 32.5 Å². The number of carbonyl (C=O) groups is 2. The lowest BCUT2D eigenvalue weighted by Crippen LogP contribution is -2.39. The molecule has 2 N–H and O–H groups in total. The summed E-state index contributed by atoms with van der Waals surface area (Å²) in [4.78, 5) is 25.4. The van der Waals surface area contributed by atoms with Crippen molar-refractivity contribution in [3.8, 4) is 0 Å². The highest BCUT2D eigenvalue weighted by molar-refractivity contribution is 7.99. The number of amides is 3. The van der Waals surface area contributed by atoms with Crippen molar-refractivity contribution in [1.82, 2.24) is 25.4 Å². The molecule has 0 spiro atoms. The molecule has 1 aromatic carbocycles. The van der Waals surface area contributed by atoms with Crippen molar-refractivity contribution >= 4 is 35.0 Å². The Morgan fingerprint density at radius 3 is 2.70 bits per heavy atom. The van der Waals surface area contributed by atoms with E-state index in [1.165, 1.54) is 28.5 Å². The second-order valence-corrected chi connectivity index (χ2v) is 9.12. The molecule has 0 unspecified atom stereocenters. The second kappa shape index (κ2) is 11.5. The molecule has 0 radical (unpaired) electrons. The Labute approximate surface area is 199 Å². The molecule has 10 heteroatoms. The van der Waals surface area contributed by atoms with E-state index in [-0.39, 0.29) is 12.3 Å². The molecule has 3 aromatic heterocycles. The van der Waals surface area contributed by atoms with Crippen LogP contribution in [0.25, 0.3) is 0 Å². The summed E-state index contributed by atoms with van der Waals surface area (Å²) in [5.41, 5.74) is 1.22. The van der Waals surface area contributed by atoms with Crippen LogP contribution in [-0.2, 0) is 30.7 Å². The molecule has 4 aromatic rings. The van der Waals surface area contributed by atoms with E-state index >= 15 is 0 Å². The highest BCUT2D eigenvalue weighted by atomic mass is 32.2. The number of rotatable bonds is 10. The fourth-order valence-electron chi connectivity index (χ4n) is 3.15. The molecule has 0 saturated heterocycles. The van der Waals surface area contributed by atoms with Gasteiger partial charge in [0.15, 0.2) is 5.16 Å². The number of furan rings is 1. The first kappa shape index (κ1) is 22.8. The molecule has 4 rings (SSSR count). The zero-order valence-corrected chi connectivity index (χ0v) is 19.4. The van der Waals surface area contributed by atoms with Crippen molar-refractivity contribution in [2.45, 2.75) is 31.1 Å². The predicted octanol–water partition coefficient (Wildman–Crippen LogP) is 3.88. The van der Waals surface area contributed by atoms with Crippen LogP contribution in [0.2, 0.25) is 0 Å². The molecule has 0 aliphatic carbocycles. The van der Waals surface area contributed by atoms with Crippen molar-refractivity contribution in [3.05, 3.63) is 88.3 Å². The molecule has 3 amide bonds. The van der Waals surface area contributed by atoms with E-state index < -0.39 is 11.9 Å². The Kier molecular flexibility index (Phi) is 7.94. The van der Waals surface area contributed by atoms with Crippen LogP contribution >= 0.6 is 23.1 Å². The van der Waals surface area contributed by atoms with Gasteiger partial charge in [0.25, 0.3) is 0 Å². The van der Waals surface area contributed by atoms with Crippen molar-refractivity contribution in [2.24, 2.45) is 0 Å². The van der Waals surface area contributed by atoms with E-state index in [9.17, 15) is 9.59 Å². The van der Waals surface area contributed by atoms with E-state index in [4.69, 9.17) is 4.42 Å². The maximum atomic E-state index is 12.3. The average Bonchev–Trinajstić information content (AvgIpc) is 3.59. The summed E-state index contributed by atoms with van der Waals surface area (Å²) in [5, 5.41) is 16.3. The van der Waals surface area contributed by atoms with E-state index in [2.05, 4.69) is 43.6 Å². The van der Waals surface area contributed by atoms with Gasteiger partial charge >= 0.3 is 6.03 Å². The number of thiophene rings is 1. The minimum atomic E-state index is -0.569. The first-order valence-corrected chi connectivity index (χ1v) is 12.2. The molecule has 0 aliphatic rings. The van der Waals surface area contributed by atoms with Gasteiger partial charge in [-0.25, -0.2) is 4.79 Å². The van der Waals surface area contributed by atoms with Crippen LogP contribution in [0, 0.1) is 0 Å². The number of benzene rings is 1. The van der Waals surface area contributed by atoms with Gasteiger partial charge in [0.2, 0.25) is 5.91 Å². The minimum Gasteiger partial charge on any atom is -0.467 e. The molecule has 170 valence electrons. The highest BCUT2D eigenvalue weighted by Gasteiger charge is 2.16. The second-order valence-electron chi connectivity index (χ2n) is 7.14. The van der Waals surface area contributed by atoms with Crippen LogP contribution in [0.5, 0.6) is 0 Å². The summed E-state index contributed by atoms with van der Waals surface area (Å²) >= 11 is 2.94. The number of nitrogens with zero attached hydrogens (tertiary/aromatic N) is 3. The van der Waals surface area contributed by atoms with Gasteiger partial charge in [0.1, 0.15) is 11.6 Å². The predicted molar refractivity (Wildman–Crippen MR) is 127 cm³/mol. The van der Waals surface area contributed by atoms with Gasteiger partial charge < -0.3 is 14.3 Å². The zero-order valence-electron chi connectivity index (χ0n) is 17.8. The van der Waals surface area contributed by atoms with E-state index in [1.807, 2.05) is 29.6 Å². The van der Waals surface area contributed by atoms with Crippen molar-refractivity contribution in [1.29, 1.82) is 0 Å². The van der Waals surface area contributed by atoms with Crippen molar-refractivity contribution in [3.63, 3.8) is 0 Å². The fourth-order valence-corrected chi connectivity index (χ4v) is 4.64. The number of urea groups is 1. The number of imide groups is 1. The van der Waals surface area contributed by atoms with Gasteiger partial charge in [-0.05, 0) is 35.6 Å². The number of hydrogen-bond donors (Lipinski definition) is 2. The van der Waals surface area contributed by atoms with Gasteiger partial charge in [0, 0.05) is 17.8 Å². The molecule has 0 bridgehead atoms. The van der Waals surface area contributed by atoms with Crippen LogP contribution in [0.15, 0.2) is 75.8 Å². The normalized spacial score (nSPS) is 10.8. The Morgan fingerprint density at radius 1 is 1.06 bits per heavy atom. The lowest BCUT2D eigenvalue weighted by molar-refractivity contribution is -0.117. The molecule has 0 fully saturated rings. The van der Waals surface area contributed by atoms with E-state index in [0.717, 1.165) is 12.2 Å². The molecule has 0 aliphatic heterocycles. The summed E-state index contributed by atoms with van der Waals surface area (Å²) in [5.74, 6) is 1.11. The number of aryl methyl sites for hydroxylation is 1. The van der Waals surface area contributed by atoms with Gasteiger partial charge in [-0.1, -0.05) is 48.2 Å². The topological polar surface area (TPSA) is 102 Å². The molecule has 0 saturated carbocycles. The number of carbonyl (C=O) groups excluding carboxylic acids is 2. The van der Waals surface area contributed by atoms with Crippen LogP contribution in [0.1, 0.15) is 22.0 Å². The van der Waals surface area contributed by atoms with Crippen LogP contribution < -0.4 is 10.6 Å². The van der Waals surface area contributed by atoms with Crippen molar-refractivity contribution in [2.75, 3.05) is 5.75 Å². The summed E-state index contributed by atoms with van der Waals surface area (Å²) in [6.07, 6.45) is 3.03. The Hall–Kier alpha value is -3.37. The molecule has 3 heterocycles. The molecule has 8 nitrogen and oxygen atoms in total. The molecule has 33 heavy (non-hydrogen) atoms. The maximum absolute atomic E-state index is 12.3. The molecule has 0 atom stereocenters. The van der Waals surface area contributed by atoms with Gasteiger partial charge in [0.05, 0.1) is 18.6 Å². The lowest BCUT2D eigenvalue weighted by atomic mass is 10.1. The lowest BCUT2D eigenvalue weighted by Gasteiger charge is -2.10. The number of nitrogens with one attached hydrogen (secondary N) is 2. The fraction of sp³-hybridized carbons (Fsp3) is 0.217.